The van der Waals surface area contributed by atoms with Gasteiger partial charge >= 0.3 is 0 Å². The lowest BCUT2D eigenvalue weighted by Gasteiger charge is -2.13. The third-order valence-electron chi connectivity index (χ3n) is 3.31. The van der Waals surface area contributed by atoms with Crippen LogP contribution in [0.5, 0.6) is 5.75 Å². The van der Waals surface area contributed by atoms with Crippen molar-refractivity contribution >= 4 is 11.4 Å². The first-order valence-corrected chi connectivity index (χ1v) is 6.88. The van der Waals surface area contributed by atoms with Gasteiger partial charge in [0.15, 0.2) is 0 Å². The number of methoxy groups -OCH3 is 1. The Bertz CT molecular complexity index is 546. The smallest absolute Gasteiger partial charge is 0.120 e. The summed E-state index contributed by atoms with van der Waals surface area (Å²) in [6.07, 6.45) is 0. The van der Waals surface area contributed by atoms with E-state index in [1.54, 1.807) is 7.11 Å². The van der Waals surface area contributed by atoms with Gasteiger partial charge in [-0.2, -0.15) is 0 Å². The van der Waals surface area contributed by atoms with Gasteiger partial charge in [0.05, 0.1) is 7.11 Å². The summed E-state index contributed by atoms with van der Waals surface area (Å²) >= 11 is 0. The number of ether oxygens (including phenoxy) is 1. The molecule has 0 saturated heterocycles. The van der Waals surface area contributed by atoms with E-state index in [4.69, 9.17) is 4.74 Å². The lowest BCUT2D eigenvalue weighted by Crippen LogP contribution is -2.14. The average molecular weight is 270 g/mol. The monoisotopic (exact) mass is 270 g/mol. The fraction of sp³-hybridized carbons (Fsp3) is 0.294. The third-order valence-corrected chi connectivity index (χ3v) is 3.31. The first kappa shape index (κ1) is 14.3. The topological polar surface area (TPSA) is 33.3 Å². The molecule has 0 bridgehead atoms. The Labute approximate surface area is 121 Å². The van der Waals surface area contributed by atoms with Crippen LogP contribution in [0.25, 0.3) is 0 Å². The van der Waals surface area contributed by atoms with Crippen molar-refractivity contribution in [2.24, 2.45) is 0 Å². The van der Waals surface area contributed by atoms with Gasteiger partial charge in [0.2, 0.25) is 0 Å². The molecular formula is C17H22N2O. The molecule has 0 aliphatic heterocycles. The molecule has 0 aromatic heterocycles. The molecular weight excluding hydrogens is 248 g/mol. The van der Waals surface area contributed by atoms with Crippen molar-refractivity contribution in [3.05, 3.63) is 53.6 Å². The van der Waals surface area contributed by atoms with Crippen LogP contribution < -0.4 is 15.4 Å². The molecule has 0 amide bonds. The summed E-state index contributed by atoms with van der Waals surface area (Å²) < 4.78 is 5.21. The highest BCUT2D eigenvalue weighted by atomic mass is 16.5. The van der Waals surface area contributed by atoms with Crippen LogP contribution in [0.3, 0.4) is 0 Å². The van der Waals surface area contributed by atoms with Gasteiger partial charge in [-0.05, 0) is 37.1 Å². The summed E-state index contributed by atoms with van der Waals surface area (Å²) in [4.78, 5) is 0. The normalized spacial score (nSPS) is 10.2. The third kappa shape index (κ3) is 3.67. The summed E-state index contributed by atoms with van der Waals surface area (Å²) in [6.45, 7) is 6.00. The molecule has 2 rings (SSSR count). The Balaban J connectivity index is 1.84. The maximum Gasteiger partial charge on any atom is 0.120 e. The van der Waals surface area contributed by atoms with E-state index in [-0.39, 0.29) is 0 Å². The highest BCUT2D eigenvalue weighted by Gasteiger charge is 2.00. The van der Waals surface area contributed by atoms with Gasteiger partial charge in [-0.25, -0.2) is 0 Å². The van der Waals surface area contributed by atoms with E-state index in [1.165, 1.54) is 16.8 Å². The van der Waals surface area contributed by atoms with Gasteiger partial charge in [-0.1, -0.05) is 24.3 Å². The van der Waals surface area contributed by atoms with Gasteiger partial charge in [0.1, 0.15) is 5.75 Å². The van der Waals surface area contributed by atoms with Crippen LogP contribution >= 0.6 is 0 Å². The number of aryl methyl sites for hydroxylation is 2. The second-order valence-electron chi connectivity index (χ2n) is 4.85. The molecule has 0 radical (unpaired) electrons. The molecule has 2 aromatic rings. The van der Waals surface area contributed by atoms with Gasteiger partial charge < -0.3 is 15.4 Å². The molecule has 3 heteroatoms. The minimum absolute atomic E-state index is 0.862. The van der Waals surface area contributed by atoms with Crippen LogP contribution in [0.15, 0.2) is 42.5 Å². The summed E-state index contributed by atoms with van der Waals surface area (Å²) in [5.41, 5.74) is 4.88. The first-order chi connectivity index (χ1) is 9.70. The number of hydrogen-bond acceptors (Lipinski definition) is 3. The zero-order valence-electron chi connectivity index (χ0n) is 12.4. The Hall–Kier alpha value is -2.16. The van der Waals surface area contributed by atoms with Crippen molar-refractivity contribution in [2.45, 2.75) is 13.8 Å². The van der Waals surface area contributed by atoms with E-state index in [0.717, 1.165) is 24.5 Å². The van der Waals surface area contributed by atoms with Crippen LogP contribution in [0.1, 0.15) is 11.1 Å². The quantitative estimate of drug-likeness (QED) is 0.783. The fourth-order valence-electron chi connectivity index (χ4n) is 2.22. The zero-order chi connectivity index (χ0) is 14.4. The predicted molar refractivity (Wildman–Crippen MR) is 85.9 cm³/mol. The van der Waals surface area contributed by atoms with E-state index < -0.39 is 0 Å². The number of anilines is 2. The SMILES string of the molecule is COc1cccc(NCCNc2c(C)cccc2C)c1. The van der Waals surface area contributed by atoms with E-state index in [9.17, 15) is 0 Å². The van der Waals surface area contributed by atoms with Crippen LogP contribution in [0.2, 0.25) is 0 Å². The Morgan fingerprint density at radius 1 is 0.900 bits per heavy atom. The van der Waals surface area contributed by atoms with Gasteiger partial charge in [-0.15, -0.1) is 0 Å². The van der Waals surface area contributed by atoms with Crippen molar-refractivity contribution < 1.29 is 4.74 Å². The fourth-order valence-corrected chi connectivity index (χ4v) is 2.22. The molecule has 0 unspecified atom stereocenters. The molecule has 0 aliphatic carbocycles. The molecule has 0 atom stereocenters. The number of nitrogens with one attached hydrogen (secondary N) is 2. The van der Waals surface area contributed by atoms with E-state index in [1.807, 2.05) is 24.3 Å². The highest BCUT2D eigenvalue weighted by Crippen LogP contribution is 2.19. The maximum atomic E-state index is 5.21. The van der Waals surface area contributed by atoms with Crippen molar-refractivity contribution in [1.82, 2.24) is 0 Å². The molecule has 0 spiro atoms. The Morgan fingerprint density at radius 3 is 2.25 bits per heavy atom. The van der Waals surface area contributed by atoms with Crippen molar-refractivity contribution in [1.29, 1.82) is 0 Å². The second kappa shape index (κ2) is 6.85. The number of para-hydroxylation sites is 1. The molecule has 0 saturated carbocycles. The number of benzene rings is 2. The highest BCUT2D eigenvalue weighted by molar-refractivity contribution is 5.56. The maximum absolute atomic E-state index is 5.21. The lowest BCUT2D eigenvalue weighted by molar-refractivity contribution is 0.415. The molecule has 0 heterocycles. The first-order valence-electron chi connectivity index (χ1n) is 6.88. The van der Waals surface area contributed by atoms with Crippen LogP contribution in [-0.4, -0.2) is 20.2 Å². The van der Waals surface area contributed by atoms with Crippen molar-refractivity contribution in [2.75, 3.05) is 30.8 Å². The number of hydrogen-bond donors (Lipinski definition) is 2. The molecule has 0 aliphatic rings. The van der Waals surface area contributed by atoms with Gasteiger partial charge in [0, 0.05) is 30.5 Å². The standard InChI is InChI=1S/C17H22N2O/c1-13-6-4-7-14(2)17(13)19-11-10-18-15-8-5-9-16(12-15)20-3/h4-9,12,18-19H,10-11H2,1-3H3. The molecule has 2 aromatic carbocycles. The molecule has 0 fully saturated rings. The second-order valence-corrected chi connectivity index (χ2v) is 4.85. The summed E-state index contributed by atoms with van der Waals surface area (Å²) in [5, 5.41) is 6.87. The molecule has 2 N–H and O–H groups in total. The Morgan fingerprint density at radius 2 is 1.55 bits per heavy atom. The Kier molecular flexibility index (Phi) is 4.88. The average Bonchev–Trinajstić information content (AvgIpc) is 2.46. The van der Waals surface area contributed by atoms with Crippen LogP contribution in [0, 0.1) is 13.8 Å². The van der Waals surface area contributed by atoms with Crippen molar-refractivity contribution in [3.8, 4) is 5.75 Å². The summed E-state index contributed by atoms with van der Waals surface area (Å²) in [6, 6.07) is 14.3. The van der Waals surface area contributed by atoms with Crippen LogP contribution in [0.4, 0.5) is 11.4 Å². The molecule has 20 heavy (non-hydrogen) atoms. The van der Waals surface area contributed by atoms with E-state index >= 15 is 0 Å². The summed E-state index contributed by atoms with van der Waals surface area (Å²) in [5.74, 6) is 0.873. The van der Waals surface area contributed by atoms with Gasteiger partial charge in [-0.3, -0.25) is 0 Å². The summed E-state index contributed by atoms with van der Waals surface area (Å²) in [7, 11) is 1.68. The van der Waals surface area contributed by atoms with Crippen molar-refractivity contribution in [3.63, 3.8) is 0 Å². The number of rotatable bonds is 6. The molecule has 3 nitrogen and oxygen atoms in total. The largest absolute Gasteiger partial charge is 0.497 e. The van der Waals surface area contributed by atoms with Gasteiger partial charge in [0.25, 0.3) is 0 Å². The minimum atomic E-state index is 0.862. The zero-order valence-corrected chi connectivity index (χ0v) is 12.4. The molecule has 106 valence electrons. The van der Waals surface area contributed by atoms with E-state index in [2.05, 4.69) is 42.7 Å². The van der Waals surface area contributed by atoms with E-state index in [0.29, 0.717) is 0 Å². The predicted octanol–water partition coefficient (Wildman–Crippen LogP) is 3.84. The van der Waals surface area contributed by atoms with Crippen LogP contribution in [-0.2, 0) is 0 Å². The lowest BCUT2D eigenvalue weighted by atomic mass is 10.1. The minimum Gasteiger partial charge on any atom is -0.497 e.